The maximum absolute atomic E-state index is 12.7. The van der Waals surface area contributed by atoms with Gasteiger partial charge in [0.15, 0.2) is 0 Å². The maximum Gasteiger partial charge on any atom is 0.214 e. The Morgan fingerprint density at radius 1 is 1.24 bits per heavy atom. The first-order chi connectivity index (χ1) is 9.67. The van der Waals surface area contributed by atoms with E-state index < -0.39 is 10.0 Å². The van der Waals surface area contributed by atoms with Gasteiger partial charge in [0.1, 0.15) is 0 Å². The normalized spacial score (nSPS) is 16.4. The van der Waals surface area contributed by atoms with Crippen LogP contribution < -0.4 is 0 Å². The van der Waals surface area contributed by atoms with E-state index in [4.69, 9.17) is 0 Å². The average Bonchev–Trinajstić information content (AvgIpc) is 3.17. The molecule has 0 aromatic heterocycles. The van der Waals surface area contributed by atoms with E-state index in [2.05, 4.69) is 26.8 Å². The van der Waals surface area contributed by atoms with Gasteiger partial charge in [0.2, 0.25) is 10.0 Å². The highest BCUT2D eigenvalue weighted by Crippen LogP contribution is 2.32. The summed E-state index contributed by atoms with van der Waals surface area (Å²) in [7, 11) is -3.17. The summed E-state index contributed by atoms with van der Waals surface area (Å²) in [6.07, 6.45) is 2.70. The van der Waals surface area contributed by atoms with Gasteiger partial charge in [-0.3, -0.25) is 0 Å². The zero-order chi connectivity index (χ0) is 15.7. The molecule has 0 bridgehead atoms. The summed E-state index contributed by atoms with van der Waals surface area (Å²) in [6, 6.07) is 8.35. The summed E-state index contributed by atoms with van der Waals surface area (Å²) in [5, 5.41) is 0. The minimum Gasteiger partial charge on any atom is -0.212 e. The number of hydrogen-bond donors (Lipinski definition) is 0. The van der Waals surface area contributed by atoms with Crippen LogP contribution in [0.5, 0.6) is 0 Å². The van der Waals surface area contributed by atoms with Gasteiger partial charge in [0.05, 0.1) is 5.75 Å². The fourth-order valence-corrected chi connectivity index (χ4v) is 4.48. The minimum absolute atomic E-state index is 0.0472. The van der Waals surface area contributed by atoms with E-state index >= 15 is 0 Å². The van der Waals surface area contributed by atoms with Crippen LogP contribution in [0.3, 0.4) is 0 Å². The Kier molecular flexibility index (Phi) is 4.79. The summed E-state index contributed by atoms with van der Waals surface area (Å²) in [6.45, 7) is 8.82. The lowest BCUT2D eigenvalue weighted by molar-refractivity contribution is 0.371. The zero-order valence-electron chi connectivity index (χ0n) is 13.6. The van der Waals surface area contributed by atoms with Gasteiger partial charge >= 0.3 is 0 Å². The Bertz CT molecular complexity index is 583. The molecule has 0 amide bonds. The molecule has 3 nitrogen and oxygen atoms in total. The van der Waals surface area contributed by atoms with Crippen molar-refractivity contribution in [2.24, 2.45) is 5.41 Å². The topological polar surface area (TPSA) is 37.4 Å². The fraction of sp³-hybridized carbons (Fsp3) is 0.647. The summed E-state index contributed by atoms with van der Waals surface area (Å²) < 4.78 is 27.1. The first kappa shape index (κ1) is 16.5. The van der Waals surface area contributed by atoms with Crippen molar-refractivity contribution in [3.8, 4) is 0 Å². The van der Waals surface area contributed by atoms with Gasteiger partial charge in [0, 0.05) is 12.6 Å². The molecule has 0 saturated heterocycles. The molecule has 0 N–H and O–H groups in total. The van der Waals surface area contributed by atoms with Crippen molar-refractivity contribution in [1.29, 1.82) is 0 Å². The smallest absolute Gasteiger partial charge is 0.212 e. The monoisotopic (exact) mass is 309 g/mol. The largest absolute Gasteiger partial charge is 0.214 e. The number of benzene rings is 1. The van der Waals surface area contributed by atoms with Crippen molar-refractivity contribution >= 4 is 10.0 Å². The molecule has 1 aliphatic carbocycles. The van der Waals surface area contributed by atoms with Crippen molar-refractivity contribution in [3.05, 3.63) is 35.4 Å². The Balaban J connectivity index is 2.11. The summed E-state index contributed by atoms with van der Waals surface area (Å²) in [5.74, 6) is 0.249. The van der Waals surface area contributed by atoms with E-state index in [1.54, 1.807) is 4.31 Å². The quantitative estimate of drug-likeness (QED) is 0.803. The van der Waals surface area contributed by atoms with Crippen LogP contribution in [-0.2, 0) is 16.6 Å². The highest BCUT2D eigenvalue weighted by Gasteiger charge is 2.37. The van der Waals surface area contributed by atoms with Gasteiger partial charge in [-0.1, -0.05) is 50.6 Å². The van der Waals surface area contributed by atoms with E-state index in [-0.39, 0.29) is 17.2 Å². The van der Waals surface area contributed by atoms with Crippen LogP contribution in [0.1, 0.15) is 51.2 Å². The van der Waals surface area contributed by atoms with Crippen LogP contribution in [0.15, 0.2) is 24.3 Å². The van der Waals surface area contributed by atoms with Crippen molar-refractivity contribution in [2.75, 3.05) is 5.75 Å². The molecule has 21 heavy (non-hydrogen) atoms. The van der Waals surface area contributed by atoms with Crippen molar-refractivity contribution < 1.29 is 8.42 Å². The SMILES string of the molecule is Cc1cccc(CN(C2CC2)S(=O)(=O)CCC(C)(C)C)c1. The van der Waals surface area contributed by atoms with Crippen LogP contribution in [0.25, 0.3) is 0 Å². The summed E-state index contributed by atoms with van der Waals surface area (Å²) in [5.41, 5.74) is 2.31. The molecule has 1 aromatic carbocycles. The number of nitrogens with zero attached hydrogens (tertiary/aromatic N) is 1. The van der Waals surface area contributed by atoms with Gasteiger partial charge < -0.3 is 0 Å². The second-order valence-electron chi connectivity index (χ2n) is 7.39. The molecule has 0 unspecified atom stereocenters. The maximum atomic E-state index is 12.7. The first-order valence-electron chi connectivity index (χ1n) is 7.72. The van der Waals surface area contributed by atoms with E-state index in [9.17, 15) is 8.42 Å². The van der Waals surface area contributed by atoms with Crippen molar-refractivity contribution in [2.45, 2.75) is 59.5 Å². The Morgan fingerprint density at radius 2 is 1.90 bits per heavy atom. The molecule has 0 atom stereocenters. The zero-order valence-corrected chi connectivity index (χ0v) is 14.4. The second-order valence-corrected chi connectivity index (χ2v) is 9.43. The molecule has 0 radical (unpaired) electrons. The molecule has 1 aromatic rings. The molecule has 1 fully saturated rings. The Morgan fingerprint density at radius 3 is 2.43 bits per heavy atom. The third-order valence-electron chi connectivity index (χ3n) is 3.84. The van der Waals surface area contributed by atoms with Gasteiger partial charge in [-0.05, 0) is 37.2 Å². The predicted molar refractivity (Wildman–Crippen MR) is 87.6 cm³/mol. The fourth-order valence-electron chi connectivity index (χ4n) is 2.36. The van der Waals surface area contributed by atoms with Crippen LogP contribution in [0, 0.1) is 12.3 Å². The Hall–Kier alpha value is -0.870. The molecule has 1 aliphatic rings. The standard InChI is InChI=1S/C17H27NO2S/c1-14-6-5-7-15(12-14)13-18(16-8-9-16)21(19,20)11-10-17(2,3)4/h5-7,12,16H,8-11,13H2,1-4H3. The van der Waals surface area contributed by atoms with Gasteiger partial charge in [-0.2, -0.15) is 4.31 Å². The lowest BCUT2D eigenvalue weighted by Crippen LogP contribution is -2.35. The molecule has 0 heterocycles. The Labute approximate surface area is 129 Å². The number of hydrogen-bond acceptors (Lipinski definition) is 2. The lowest BCUT2D eigenvalue weighted by Gasteiger charge is -2.25. The van der Waals surface area contributed by atoms with Crippen LogP contribution >= 0.6 is 0 Å². The molecule has 2 rings (SSSR count). The van der Waals surface area contributed by atoms with Crippen molar-refractivity contribution in [3.63, 3.8) is 0 Å². The third kappa shape index (κ3) is 5.11. The molecule has 4 heteroatoms. The molecule has 0 spiro atoms. The third-order valence-corrected chi connectivity index (χ3v) is 5.70. The van der Waals surface area contributed by atoms with E-state index in [1.807, 2.05) is 25.1 Å². The van der Waals surface area contributed by atoms with Crippen molar-refractivity contribution in [1.82, 2.24) is 4.31 Å². The lowest BCUT2D eigenvalue weighted by atomic mass is 9.94. The first-order valence-corrected chi connectivity index (χ1v) is 9.33. The van der Waals surface area contributed by atoms with Crippen LogP contribution in [-0.4, -0.2) is 24.5 Å². The van der Waals surface area contributed by atoms with Crippen LogP contribution in [0.2, 0.25) is 0 Å². The van der Waals surface area contributed by atoms with Gasteiger partial charge in [-0.15, -0.1) is 0 Å². The van der Waals surface area contributed by atoms with Crippen LogP contribution in [0.4, 0.5) is 0 Å². The van der Waals surface area contributed by atoms with Gasteiger partial charge in [0.25, 0.3) is 0 Å². The average molecular weight is 309 g/mol. The van der Waals surface area contributed by atoms with E-state index in [1.165, 1.54) is 5.56 Å². The van der Waals surface area contributed by atoms with E-state index in [0.717, 1.165) is 18.4 Å². The molecule has 1 saturated carbocycles. The van der Waals surface area contributed by atoms with Gasteiger partial charge in [-0.25, -0.2) is 8.42 Å². The highest BCUT2D eigenvalue weighted by molar-refractivity contribution is 7.89. The molecular weight excluding hydrogens is 282 g/mol. The highest BCUT2D eigenvalue weighted by atomic mass is 32.2. The van der Waals surface area contributed by atoms with E-state index in [0.29, 0.717) is 13.0 Å². The minimum atomic E-state index is -3.17. The number of aryl methyl sites for hydroxylation is 1. The summed E-state index contributed by atoms with van der Waals surface area (Å²) >= 11 is 0. The number of rotatable bonds is 6. The second kappa shape index (κ2) is 6.09. The predicted octanol–water partition coefficient (Wildman–Crippen LogP) is 3.73. The summed E-state index contributed by atoms with van der Waals surface area (Å²) in [4.78, 5) is 0. The molecular formula is C17H27NO2S. The molecule has 118 valence electrons. The number of sulfonamides is 1. The molecule has 0 aliphatic heterocycles.